The highest BCUT2D eigenvalue weighted by atomic mass is 16.4. The number of aryl methyl sites for hydroxylation is 1. The van der Waals surface area contributed by atoms with Gasteiger partial charge in [0.2, 0.25) is 0 Å². The number of carbonyl (C=O) groups is 1. The summed E-state index contributed by atoms with van der Waals surface area (Å²) in [4.78, 5) is 11.2. The quantitative estimate of drug-likeness (QED) is 0.874. The molecule has 0 spiro atoms. The standard InChI is InChI=1S/C11H14N4O2/c1-7(2)15-6-9(11(16)17)10(13-15)8-4-12-14(3)5-8/h4-7H,1-3H3,(H,16,17). The predicted octanol–water partition coefficient (Wildman–Crippen LogP) is 1.56. The van der Waals surface area contributed by atoms with Crippen molar-refractivity contribution in [2.45, 2.75) is 19.9 Å². The Bertz CT molecular complexity index is 554. The normalized spacial score (nSPS) is 11.1. The van der Waals surface area contributed by atoms with Crippen molar-refractivity contribution < 1.29 is 9.90 Å². The molecule has 0 amide bonds. The van der Waals surface area contributed by atoms with Crippen LogP contribution in [0, 0.1) is 0 Å². The van der Waals surface area contributed by atoms with Crippen molar-refractivity contribution in [2.75, 3.05) is 0 Å². The van der Waals surface area contributed by atoms with Crippen molar-refractivity contribution in [1.29, 1.82) is 0 Å². The third-order valence-corrected chi connectivity index (χ3v) is 2.47. The first kappa shape index (κ1) is 11.4. The van der Waals surface area contributed by atoms with E-state index in [-0.39, 0.29) is 11.6 Å². The number of rotatable bonds is 3. The van der Waals surface area contributed by atoms with Gasteiger partial charge in [-0.05, 0) is 13.8 Å². The molecule has 0 bridgehead atoms. The molecule has 0 saturated heterocycles. The first-order valence-corrected chi connectivity index (χ1v) is 5.30. The molecule has 0 aromatic carbocycles. The zero-order valence-corrected chi connectivity index (χ0v) is 9.95. The summed E-state index contributed by atoms with van der Waals surface area (Å²) in [5, 5.41) is 17.5. The predicted molar refractivity (Wildman–Crippen MR) is 61.8 cm³/mol. The molecule has 90 valence electrons. The molecule has 0 atom stereocenters. The van der Waals surface area contributed by atoms with Crippen LogP contribution in [0.2, 0.25) is 0 Å². The molecule has 6 heteroatoms. The van der Waals surface area contributed by atoms with Crippen LogP contribution in [0.1, 0.15) is 30.2 Å². The average Bonchev–Trinajstić information content (AvgIpc) is 2.82. The van der Waals surface area contributed by atoms with Gasteiger partial charge in [-0.3, -0.25) is 9.36 Å². The minimum Gasteiger partial charge on any atom is -0.478 e. The van der Waals surface area contributed by atoms with Crippen molar-refractivity contribution in [2.24, 2.45) is 7.05 Å². The maximum atomic E-state index is 11.2. The second kappa shape index (κ2) is 4.04. The molecule has 0 saturated carbocycles. The molecule has 0 aliphatic heterocycles. The van der Waals surface area contributed by atoms with Gasteiger partial charge in [-0.25, -0.2) is 4.79 Å². The Kier molecular flexibility index (Phi) is 2.71. The smallest absolute Gasteiger partial charge is 0.339 e. The van der Waals surface area contributed by atoms with E-state index in [0.717, 1.165) is 0 Å². The van der Waals surface area contributed by atoms with Crippen LogP contribution in [-0.2, 0) is 7.05 Å². The Labute approximate surface area is 98.5 Å². The van der Waals surface area contributed by atoms with Gasteiger partial charge < -0.3 is 5.11 Å². The lowest BCUT2D eigenvalue weighted by atomic mass is 10.1. The highest BCUT2D eigenvalue weighted by Crippen LogP contribution is 2.22. The summed E-state index contributed by atoms with van der Waals surface area (Å²) in [6.45, 7) is 3.90. The summed E-state index contributed by atoms with van der Waals surface area (Å²) in [6, 6.07) is 0.124. The number of carboxylic acids is 1. The molecule has 2 aromatic rings. The van der Waals surface area contributed by atoms with E-state index in [2.05, 4.69) is 10.2 Å². The SMILES string of the molecule is CC(C)n1cc(C(=O)O)c(-c2cnn(C)c2)n1. The average molecular weight is 234 g/mol. The van der Waals surface area contributed by atoms with Gasteiger partial charge in [0.1, 0.15) is 11.3 Å². The molecule has 0 aliphatic rings. The van der Waals surface area contributed by atoms with E-state index in [1.165, 1.54) is 0 Å². The number of aromatic nitrogens is 4. The molecule has 2 rings (SSSR count). The van der Waals surface area contributed by atoms with Gasteiger partial charge in [0, 0.05) is 31.0 Å². The van der Waals surface area contributed by atoms with Crippen molar-refractivity contribution in [3.63, 3.8) is 0 Å². The Hall–Kier alpha value is -2.11. The number of hydrogen-bond acceptors (Lipinski definition) is 3. The zero-order chi connectivity index (χ0) is 12.6. The van der Waals surface area contributed by atoms with Crippen molar-refractivity contribution in [3.8, 4) is 11.3 Å². The fourth-order valence-corrected chi connectivity index (χ4v) is 1.57. The Morgan fingerprint density at radius 2 is 2.12 bits per heavy atom. The van der Waals surface area contributed by atoms with Gasteiger partial charge in [0.05, 0.1) is 6.20 Å². The Morgan fingerprint density at radius 1 is 1.41 bits per heavy atom. The molecule has 0 fully saturated rings. The summed E-state index contributed by atoms with van der Waals surface area (Å²) < 4.78 is 3.27. The van der Waals surface area contributed by atoms with Crippen LogP contribution >= 0.6 is 0 Å². The fraction of sp³-hybridized carbons (Fsp3) is 0.364. The maximum Gasteiger partial charge on any atom is 0.339 e. The highest BCUT2D eigenvalue weighted by Gasteiger charge is 2.18. The van der Waals surface area contributed by atoms with Crippen LogP contribution in [0.4, 0.5) is 0 Å². The van der Waals surface area contributed by atoms with E-state index in [1.807, 2.05) is 13.8 Å². The van der Waals surface area contributed by atoms with Gasteiger partial charge in [0.25, 0.3) is 0 Å². The molecule has 17 heavy (non-hydrogen) atoms. The van der Waals surface area contributed by atoms with Crippen molar-refractivity contribution in [3.05, 3.63) is 24.2 Å². The van der Waals surface area contributed by atoms with E-state index in [9.17, 15) is 4.79 Å². The van der Waals surface area contributed by atoms with Crippen LogP contribution in [0.15, 0.2) is 18.6 Å². The summed E-state index contributed by atoms with van der Waals surface area (Å²) in [7, 11) is 1.78. The van der Waals surface area contributed by atoms with Crippen molar-refractivity contribution >= 4 is 5.97 Å². The van der Waals surface area contributed by atoms with Crippen LogP contribution < -0.4 is 0 Å². The van der Waals surface area contributed by atoms with E-state index < -0.39 is 5.97 Å². The van der Waals surface area contributed by atoms with Crippen LogP contribution in [0.3, 0.4) is 0 Å². The fourth-order valence-electron chi connectivity index (χ4n) is 1.57. The topological polar surface area (TPSA) is 72.9 Å². The lowest BCUT2D eigenvalue weighted by Crippen LogP contribution is -2.00. The number of nitrogens with zero attached hydrogens (tertiary/aromatic N) is 4. The summed E-state index contributed by atoms with van der Waals surface area (Å²) in [5.41, 5.74) is 1.37. The summed E-state index contributed by atoms with van der Waals surface area (Å²) in [5.74, 6) is -0.976. The van der Waals surface area contributed by atoms with E-state index in [1.54, 1.807) is 35.0 Å². The summed E-state index contributed by atoms with van der Waals surface area (Å²) >= 11 is 0. The van der Waals surface area contributed by atoms with Gasteiger partial charge in [-0.1, -0.05) is 0 Å². The third-order valence-electron chi connectivity index (χ3n) is 2.47. The Morgan fingerprint density at radius 3 is 2.59 bits per heavy atom. The maximum absolute atomic E-state index is 11.2. The second-order valence-electron chi connectivity index (χ2n) is 4.17. The van der Waals surface area contributed by atoms with Gasteiger partial charge in [0.15, 0.2) is 0 Å². The minimum absolute atomic E-state index is 0.124. The van der Waals surface area contributed by atoms with E-state index in [0.29, 0.717) is 11.3 Å². The molecule has 0 radical (unpaired) electrons. The summed E-state index contributed by atoms with van der Waals surface area (Å²) in [6.07, 6.45) is 4.91. The first-order chi connectivity index (χ1) is 7.99. The molecule has 1 N–H and O–H groups in total. The highest BCUT2D eigenvalue weighted by molar-refractivity contribution is 5.94. The molecule has 6 nitrogen and oxygen atoms in total. The zero-order valence-electron chi connectivity index (χ0n) is 9.95. The molecule has 0 aliphatic carbocycles. The van der Waals surface area contributed by atoms with Gasteiger partial charge >= 0.3 is 5.97 Å². The molecule has 2 aromatic heterocycles. The first-order valence-electron chi connectivity index (χ1n) is 5.30. The largest absolute Gasteiger partial charge is 0.478 e. The number of aromatic carboxylic acids is 1. The Balaban J connectivity index is 2.55. The molecule has 2 heterocycles. The second-order valence-corrected chi connectivity index (χ2v) is 4.17. The van der Waals surface area contributed by atoms with Gasteiger partial charge in [-0.2, -0.15) is 10.2 Å². The number of carboxylic acid groups (broad SMARTS) is 1. The molecule has 0 unspecified atom stereocenters. The third kappa shape index (κ3) is 2.06. The van der Waals surface area contributed by atoms with E-state index in [4.69, 9.17) is 5.11 Å². The minimum atomic E-state index is -0.976. The van der Waals surface area contributed by atoms with E-state index >= 15 is 0 Å². The van der Waals surface area contributed by atoms with Crippen LogP contribution in [-0.4, -0.2) is 30.6 Å². The molecular weight excluding hydrogens is 220 g/mol. The molecular formula is C11H14N4O2. The van der Waals surface area contributed by atoms with Gasteiger partial charge in [-0.15, -0.1) is 0 Å². The lowest BCUT2D eigenvalue weighted by molar-refractivity contribution is 0.0697. The van der Waals surface area contributed by atoms with Crippen LogP contribution in [0.5, 0.6) is 0 Å². The number of hydrogen-bond donors (Lipinski definition) is 1. The monoisotopic (exact) mass is 234 g/mol. The van der Waals surface area contributed by atoms with Crippen LogP contribution in [0.25, 0.3) is 11.3 Å². The van der Waals surface area contributed by atoms with Crippen molar-refractivity contribution in [1.82, 2.24) is 19.6 Å². The lowest BCUT2D eigenvalue weighted by Gasteiger charge is -2.02.